The molecule has 0 aliphatic heterocycles. The van der Waals surface area contributed by atoms with E-state index in [2.05, 4.69) is 19.1 Å². The van der Waals surface area contributed by atoms with E-state index in [4.69, 9.17) is 27.2 Å². The molecular weight excluding hydrogens is 335 g/mol. The van der Waals surface area contributed by atoms with E-state index in [1.54, 1.807) is 6.26 Å². The zero-order valence-corrected chi connectivity index (χ0v) is 16.1. The molecule has 2 atom stereocenters. The predicted octanol–water partition coefficient (Wildman–Crippen LogP) is 1.16. The first kappa shape index (κ1) is 22.6. The lowest BCUT2D eigenvalue weighted by Gasteiger charge is -2.51. The van der Waals surface area contributed by atoms with Gasteiger partial charge in [0, 0.05) is 17.5 Å². The largest absolute Gasteiger partial charge is 0.479 e. The summed E-state index contributed by atoms with van der Waals surface area (Å²) in [7, 11) is 4.35. The predicted molar refractivity (Wildman–Crippen MR) is 100 cm³/mol. The maximum absolute atomic E-state index is 10.9. The molecule has 0 saturated heterocycles. The summed E-state index contributed by atoms with van der Waals surface area (Å²) in [6, 6.07) is 0. The SMILES string of the molecule is [B]C(C)(O[S-](#C)C)S(C)(C)CCCOCC(O)COC(=O)C=C. The molecule has 0 aromatic carbocycles. The van der Waals surface area contributed by atoms with Crippen LogP contribution in [0.3, 0.4) is 0 Å². The molecule has 5 nitrogen and oxygen atoms in total. The van der Waals surface area contributed by atoms with E-state index in [9.17, 15) is 9.90 Å². The van der Waals surface area contributed by atoms with Crippen LogP contribution in [0.2, 0.25) is 0 Å². The second-order valence-electron chi connectivity index (χ2n) is 5.76. The maximum atomic E-state index is 10.9. The highest BCUT2D eigenvalue weighted by Gasteiger charge is 2.29. The van der Waals surface area contributed by atoms with Crippen LogP contribution < -0.4 is 0 Å². The van der Waals surface area contributed by atoms with Crippen molar-refractivity contribution in [2.24, 2.45) is 0 Å². The fraction of sp³-hybridized carbons (Fsp3) is 0.733. The Morgan fingerprint density at radius 3 is 2.65 bits per heavy atom. The zero-order chi connectivity index (χ0) is 18.1. The van der Waals surface area contributed by atoms with E-state index >= 15 is 0 Å². The number of hydrogen-bond donors (Lipinski definition) is 1. The van der Waals surface area contributed by atoms with Crippen molar-refractivity contribution < 1.29 is 23.6 Å². The first-order valence-electron chi connectivity index (χ1n) is 7.16. The Kier molecular flexibility index (Phi) is 10.3. The molecule has 0 heterocycles. The molecular formula is C15H28BO5S2-. The lowest BCUT2D eigenvalue weighted by Crippen LogP contribution is -2.36. The third-order valence-electron chi connectivity index (χ3n) is 3.23. The van der Waals surface area contributed by atoms with Crippen LogP contribution in [0, 0.1) is 5.69 Å². The van der Waals surface area contributed by atoms with Gasteiger partial charge in [-0.15, -0.1) is 6.26 Å². The van der Waals surface area contributed by atoms with Crippen molar-refractivity contribution in [3.8, 4) is 5.69 Å². The second kappa shape index (κ2) is 10.5. The summed E-state index contributed by atoms with van der Waals surface area (Å²) in [5.41, 5.74) is 5.69. The lowest BCUT2D eigenvalue weighted by atomic mass is 10.0. The molecule has 0 aromatic heterocycles. The third-order valence-corrected chi connectivity index (χ3v) is 7.53. The zero-order valence-electron chi connectivity index (χ0n) is 14.4. The molecule has 2 unspecified atom stereocenters. The number of rotatable bonds is 11. The number of ether oxygens (including phenoxy) is 2. The van der Waals surface area contributed by atoms with Gasteiger partial charge in [0.15, 0.2) is 0 Å². The molecule has 0 aliphatic rings. The van der Waals surface area contributed by atoms with Crippen LogP contribution in [0.5, 0.6) is 0 Å². The van der Waals surface area contributed by atoms with E-state index in [-0.39, 0.29) is 13.2 Å². The number of esters is 1. The van der Waals surface area contributed by atoms with Crippen LogP contribution in [0.25, 0.3) is 0 Å². The van der Waals surface area contributed by atoms with Crippen molar-refractivity contribution in [1.82, 2.24) is 0 Å². The minimum Gasteiger partial charge on any atom is -0.479 e. The van der Waals surface area contributed by atoms with Gasteiger partial charge in [0.25, 0.3) is 0 Å². The van der Waals surface area contributed by atoms with E-state index in [0.717, 1.165) is 18.2 Å². The van der Waals surface area contributed by atoms with Crippen molar-refractivity contribution in [3.63, 3.8) is 0 Å². The maximum Gasteiger partial charge on any atom is 0.330 e. The number of aliphatic hydroxyl groups excluding tert-OH is 1. The first-order chi connectivity index (χ1) is 10.5. The molecule has 134 valence electrons. The van der Waals surface area contributed by atoms with Crippen LogP contribution in [-0.2, 0) is 29.0 Å². The summed E-state index contributed by atoms with van der Waals surface area (Å²) < 4.78 is 15.8. The van der Waals surface area contributed by atoms with Crippen LogP contribution in [-0.4, -0.2) is 74.2 Å². The smallest absolute Gasteiger partial charge is 0.330 e. The van der Waals surface area contributed by atoms with E-state index in [1.165, 1.54) is 0 Å². The van der Waals surface area contributed by atoms with Gasteiger partial charge in [-0.1, -0.05) is 6.58 Å². The van der Waals surface area contributed by atoms with Crippen molar-refractivity contribution >= 4 is 34.4 Å². The monoisotopic (exact) mass is 363 g/mol. The summed E-state index contributed by atoms with van der Waals surface area (Å²) in [5.74, 6) is 0.296. The average molecular weight is 363 g/mol. The van der Waals surface area contributed by atoms with Gasteiger partial charge in [-0.05, 0) is 31.6 Å². The topological polar surface area (TPSA) is 65.0 Å². The van der Waals surface area contributed by atoms with Crippen molar-refractivity contribution in [2.75, 3.05) is 44.3 Å². The van der Waals surface area contributed by atoms with Crippen LogP contribution in [0.1, 0.15) is 13.3 Å². The molecule has 0 bridgehead atoms. The van der Waals surface area contributed by atoms with Crippen LogP contribution in [0.15, 0.2) is 12.7 Å². The highest BCUT2D eigenvalue weighted by molar-refractivity contribution is 8.34. The molecule has 0 saturated carbocycles. The third kappa shape index (κ3) is 9.50. The summed E-state index contributed by atoms with van der Waals surface area (Å²) in [4.78, 5) is 10.1. The quantitative estimate of drug-likeness (QED) is 0.196. The number of aliphatic hydroxyl groups is 1. The lowest BCUT2D eigenvalue weighted by molar-refractivity contribution is -0.141. The van der Waals surface area contributed by atoms with E-state index < -0.39 is 37.5 Å². The molecule has 23 heavy (non-hydrogen) atoms. The van der Waals surface area contributed by atoms with Gasteiger partial charge in [0.05, 0.1) is 6.61 Å². The number of hydrogen-bond acceptors (Lipinski definition) is 6. The van der Waals surface area contributed by atoms with Gasteiger partial charge in [0.1, 0.15) is 20.6 Å². The average Bonchev–Trinajstić information content (AvgIpc) is 2.42. The second-order valence-corrected chi connectivity index (χ2v) is 11.2. The van der Waals surface area contributed by atoms with Gasteiger partial charge in [-0.25, -0.2) is 14.8 Å². The van der Waals surface area contributed by atoms with E-state index in [0.29, 0.717) is 6.61 Å². The highest BCUT2D eigenvalue weighted by atomic mass is 32.3. The normalized spacial score (nSPS) is 16.6. The fourth-order valence-electron chi connectivity index (χ4n) is 1.58. The van der Waals surface area contributed by atoms with Crippen LogP contribution >= 0.6 is 10.0 Å². The van der Waals surface area contributed by atoms with Crippen molar-refractivity contribution in [2.45, 2.75) is 24.3 Å². The Morgan fingerprint density at radius 1 is 1.52 bits per heavy atom. The van der Waals surface area contributed by atoms with Gasteiger partial charge in [0.2, 0.25) is 0 Å². The van der Waals surface area contributed by atoms with Gasteiger partial charge >= 0.3 is 5.97 Å². The Morgan fingerprint density at radius 2 is 2.13 bits per heavy atom. The Bertz CT molecular complexity index is 457. The molecule has 8 heteroatoms. The molecule has 0 rings (SSSR count). The highest BCUT2D eigenvalue weighted by Crippen LogP contribution is 2.52. The summed E-state index contributed by atoms with van der Waals surface area (Å²) >= 11 is 0. The first-order valence-corrected chi connectivity index (χ1v) is 11.4. The molecule has 0 spiro atoms. The summed E-state index contributed by atoms with van der Waals surface area (Å²) in [6.07, 6.45) is 6.98. The Balaban J connectivity index is 4.00. The number of carbonyl (C=O) groups is 1. The number of carbonyl (C=O) groups excluding carboxylic acids is 1. The minimum absolute atomic E-state index is 0.106. The van der Waals surface area contributed by atoms with Gasteiger partial charge in [-0.3, -0.25) is 5.69 Å². The van der Waals surface area contributed by atoms with Gasteiger partial charge in [-0.2, -0.15) is 0 Å². The van der Waals surface area contributed by atoms with E-state index in [1.807, 2.05) is 6.92 Å². The Hall–Kier alpha value is -0.365. The summed E-state index contributed by atoms with van der Waals surface area (Å²) in [5, 5.41) is 9.60. The minimum atomic E-state index is -1.22. The fourth-order valence-corrected chi connectivity index (χ4v) is 4.41. The molecule has 1 N–H and O–H groups in total. The molecule has 0 aromatic rings. The molecule has 0 fully saturated rings. The molecule has 0 aliphatic carbocycles. The van der Waals surface area contributed by atoms with Crippen molar-refractivity contribution in [3.05, 3.63) is 12.7 Å². The molecule has 0 amide bonds. The summed E-state index contributed by atoms with van der Waals surface area (Å²) in [6.45, 7) is 5.62. The van der Waals surface area contributed by atoms with Crippen molar-refractivity contribution in [1.29, 1.82) is 0 Å². The molecule has 2 radical (unpaired) electrons. The van der Waals surface area contributed by atoms with Crippen LogP contribution in [0.4, 0.5) is 0 Å². The standard InChI is InChI=1S/C15H28BO5S2/c1-7-14(18)20-12-13(17)11-19-9-8-10-23(5,6)15(2,16)21-22(3)4/h3,7,13,17H,1,8-12H2,2,4-6H3/q-1. The van der Waals surface area contributed by atoms with Gasteiger partial charge < -0.3 is 29.3 Å². The Labute approximate surface area is 145 Å².